The molecule has 0 saturated heterocycles. The van der Waals surface area contributed by atoms with Crippen LogP contribution >= 0.6 is 23.8 Å². The number of thiocarbonyl (C=S) groups is 1. The fourth-order valence-corrected chi connectivity index (χ4v) is 4.37. The Hall–Kier alpha value is -2.18. The predicted octanol–water partition coefficient (Wildman–Crippen LogP) is 5.51. The molecule has 1 N–H and O–H groups in total. The number of nitrogens with one attached hydrogen (secondary N) is 1. The molecule has 3 rings (SSSR count). The summed E-state index contributed by atoms with van der Waals surface area (Å²) in [5.74, 6) is 2.10. The number of nitrogens with zero attached hydrogens (tertiary/aromatic N) is 1. The molecule has 0 amide bonds. The second kappa shape index (κ2) is 10.0. The number of benzene rings is 2. The summed E-state index contributed by atoms with van der Waals surface area (Å²) < 4.78 is 16.3. The SMILES string of the molecule is COc1ccc(NC(=S)N(Cc2cccc(OC)c2OC)C2CCCC2)cc1Cl. The third-order valence-corrected chi connectivity index (χ3v) is 5.89. The molecule has 2 aromatic carbocycles. The molecule has 2 aromatic rings. The molecule has 0 aliphatic heterocycles. The Bertz CT molecular complexity index is 856. The first-order valence-corrected chi connectivity index (χ1v) is 10.5. The summed E-state index contributed by atoms with van der Waals surface area (Å²) >= 11 is 12.1. The van der Waals surface area contributed by atoms with Crippen LogP contribution in [0.15, 0.2) is 36.4 Å². The van der Waals surface area contributed by atoms with Crippen molar-refractivity contribution in [3.63, 3.8) is 0 Å². The molecular weight excluding hydrogens is 408 g/mol. The van der Waals surface area contributed by atoms with Gasteiger partial charge in [-0.2, -0.15) is 0 Å². The van der Waals surface area contributed by atoms with Gasteiger partial charge in [0.1, 0.15) is 5.75 Å². The quantitative estimate of drug-likeness (QED) is 0.580. The number of hydrogen-bond acceptors (Lipinski definition) is 4. The van der Waals surface area contributed by atoms with E-state index >= 15 is 0 Å². The highest BCUT2D eigenvalue weighted by atomic mass is 35.5. The van der Waals surface area contributed by atoms with Crippen molar-refractivity contribution in [2.24, 2.45) is 0 Å². The van der Waals surface area contributed by atoms with Gasteiger partial charge in [0.2, 0.25) is 0 Å². The standard InChI is InChI=1S/C22H27ClN2O3S/c1-26-19-12-11-16(13-18(19)23)24-22(29)25(17-8-4-5-9-17)14-15-7-6-10-20(27-2)21(15)28-3/h6-7,10-13,17H,4-5,8-9,14H2,1-3H3,(H,24,29). The fraction of sp³-hybridized carbons (Fsp3) is 0.409. The lowest BCUT2D eigenvalue weighted by Crippen LogP contribution is -2.41. The Morgan fingerprint density at radius 3 is 2.41 bits per heavy atom. The van der Waals surface area contributed by atoms with Gasteiger partial charge in [0, 0.05) is 23.8 Å². The zero-order chi connectivity index (χ0) is 20.8. The number of anilines is 1. The molecule has 29 heavy (non-hydrogen) atoms. The molecule has 0 unspecified atom stereocenters. The summed E-state index contributed by atoms with van der Waals surface area (Å²) in [6.07, 6.45) is 4.68. The molecule has 0 radical (unpaired) electrons. The fourth-order valence-electron chi connectivity index (χ4n) is 3.78. The van der Waals surface area contributed by atoms with Gasteiger partial charge >= 0.3 is 0 Å². The number of ether oxygens (including phenoxy) is 3. The minimum absolute atomic E-state index is 0.389. The van der Waals surface area contributed by atoms with Crippen LogP contribution in [0.4, 0.5) is 5.69 Å². The van der Waals surface area contributed by atoms with Gasteiger partial charge in [0.15, 0.2) is 16.6 Å². The van der Waals surface area contributed by atoms with E-state index in [0.717, 1.165) is 35.6 Å². The smallest absolute Gasteiger partial charge is 0.173 e. The average Bonchev–Trinajstić information content (AvgIpc) is 3.26. The van der Waals surface area contributed by atoms with Crippen molar-refractivity contribution < 1.29 is 14.2 Å². The Kier molecular flexibility index (Phi) is 7.45. The maximum Gasteiger partial charge on any atom is 0.173 e. The summed E-state index contributed by atoms with van der Waals surface area (Å²) in [5.41, 5.74) is 1.87. The van der Waals surface area contributed by atoms with Gasteiger partial charge in [0.25, 0.3) is 0 Å². The summed E-state index contributed by atoms with van der Waals surface area (Å²) in [4.78, 5) is 2.25. The molecule has 1 fully saturated rings. The van der Waals surface area contributed by atoms with Crippen molar-refractivity contribution in [1.29, 1.82) is 0 Å². The molecule has 0 bridgehead atoms. The molecule has 0 atom stereocenters. The number of hydrogen-bond donors (Lipinski definition) is 1. The topological polar surface area (TPSA) is 43.0 Å². The van der Waals surface area contributed by atoms with Crippen molar-refractivity contribution in [3.8, 4) is 17.2 Å². The number of para-hydroxylation sites is 1. The lowest BCUT2D eigenvalue weighted by molar-refractivity contribution is 0.300. The largest absolute Gasteiger partial charge is 0.495 e. The predicted molar refractivity (Wildman–Crippen MR) is 122 cm³/mol. The monoisotopic (exact) mass is 434 g/mol. The van der Waals surface area contributed by atoms with Gasteiger partial charge in [-0.25, -0.2) is 0 Å². The highest BCUT2D eigenvalue weighted by Gasteiger charge is 2.26. The molecule has 0 heterocycles. The summed E-state index contributed by atoms with van der Waals surface area (Å²) in [6, 6.07) is 11.9. The molecule has 1 aliphatic rings. The molecule has 156 valence electrons. The normalized spacial score (nSPS) is 13.8. The molecule has 7 heteroatoms. The van der Waals surface area contributed by atoms with E-state index in [2.05, 4.69) is 16.3 Å². The second-order valence-electron chi connectivity index (χ2n) is 7.00. The minimum atomic E-state index is 0.389. The van der Waals surface area contributed by atoms with Crippen molar-refractivity contribution in [1.82, 2.24) is 4.90 Å². The lowest BCUT2D eigenvalue weighted by Gasteiger charge is -2.32. The minimum Gasteiger partial charge on any atom is -0.495 e. The van der Waals surface area contributed by atoms with Crippen molar-refractivity contribution in [2.75, 3.05) is 26.6 Å². The molecule has 1 saturated carbocycles. The van der Waals surface area contributed by atoms with E-state index in [0.29, 0.717) is 28.5 Å². The van der Waals surface area contributed by atoms with Crippen molar-refractivity contribution in [3.05, 3.63) is 47.0 Å². The van der Waals surface area contributed by atoms with Gasteiger partial charge in [-0.05, 0) is 49.3 Å². The van der Waals surface area contributed by atoms with Crippen LogP contribution in [0.2, 0.25) is 5.02 Å². The molecular formula is C22H27ClN2O3S. The van der Waals surface area contributed by atoms with E-state index in [4.69, 9.17) is 38.0 Å². The molecule has 5 nitrogen and oxygen atoms in total. The number of halogens is 1. The summed E-state index contributed by atoms with van der Waals surface area (Å²) in [5, 5.41) is 4.56. The van der Waals surface area contributed by atoms with E-state index in [1.165, 1.54) is 12.8 Å². The van der Waals surface area contributed by atoms with Gasteiger partial charge < -0.3 is 24.4 Å². The van der Waals surface area contributed by atoms with Crippen molar-refractivity contribution in [2.45, 2.75) is 38.3 Å². The maximum absolute atomic E-state index is 6.27. The van der Waals surface area contributed by atoms with E-state index < -0.39 is 0 Å². The highest BCUT2D eigenvalue weighted by molar-refractivity contribution is 7.80. The third-order valence-electron chi connectivity index (χ3n) is 5.25. The van der Waals surface area contributed by atoms with Gasteiger partial charge in [-0.15, -0.1) is 0 Å². The van der Waals surface area contributed by atoms with Crippen LogP contribution in [0.3, 0.4) is 0 Å². The average molecular weight is 435 g/mol. The Morgan fingerprint density at radius 1 is 1.07 bits per heavy atom. The molecule has 0 aromatic heterocycles. The lowest BCUT2D eigenvalue weighted by atomic mass is 10.1. The van der Waals surface area contributed by atoms with Crippen LogP contribution in [0.1, 0.15) is 31.2 Å². The van der Waals surface area contributed by atoms with Gasteiger partial charge in [-0.1, -0.05) is 36.6 Å². The van der Waals surface area contributed by atoms with Crippen LogP contribution in [-0.2, 0) is 6.54 Å². The third kappa shape index (κ3) is 5.06. The first-order valence-electron chi connectivity index (χ1n) is 9.68. The van der Waals surface area contributed by atoms with Crippen LogP contribution in [0, 0.1) is 0 Å². The molecule has 1 aliphatic carbocycles. The highest BCUT2D eigenvalue weighted by Crippen LogP contribution is 2.34. The van der Waals surface area contributed by atoms with Crippen LogP contribution in [-0.4, -0.2) is 37.4 Å². The van der Waals surface area contributed by atoms with E-state index in [-0.39, 0.29) is 0 Å². The zero-order valence-electron chi connectivity index (χ0n) is 17.0. The van der Waals surface area contributed by atoms with E-state index in [1.54, 1.807) is 21.3 Å². The van der Waals surface area contributed by atoms with E-state index in [1.807, 2.05) is 30.3 Å². The second-order valence-corrected chi connectivity index (χ2v) is 7.79. The zero-order valence-corrected chi connectivity index (χ0v) is 18.6. The van der Waals surface area contributed by atoms with Gasteiger partial charge in [-0.3, -0.25) is 0 Å². The maximum atomic E-state index is 6.27. The van der Waals surface area contributed by atoms with Crippen molar-refractivity contribution >= 4 is 34.6 Å². The summed E-state index contributed by atoms with van der Waals surface area (Å²) in [6.45, 7) is 0.640. The van der Waals surface area contributed by atoms with Gasteiger partial charge in [0.05, 0.1) is 26.4 Å². The Morgan fingerprint density at radius 2 is 1.79 bits per heavy atom. The first-order chi connectivity index (χ1) is 14.1. The Balaban J connectivity index is 1.84. The van der Waals surface area contributed by atoms with E-state index in [9.17, 15) is 0 Å². The molecule has 0 spiro atoms. The Labute approximate surface area is 182 Å². The first kappa shape index (κ1) is 21.5. The van der Waals surface area contributed by atoms with Crippen LogP contribution in [0.5, 0.6) is 17.2 Å². The van der Waals surface area contributed by atoms with Crippen LogP contribution in [0.25, 0.3) is 0 Å². The number of methoxy groups -OCH3 is 3. The number of rotatable bonds is 7. The van der Waals surface area contributed by atoms with Crippen LogP contribution < -0.4 is 19.5 Å². The summed E-state index contributed by atoms with van der Waals surface area (Å²) in [7, 11) is 4.91.